The molecule has 1 unspecified atom stereocenters. The lowest BCUT2D eigenvalue weighted by Gasteiger charge is -1.99. The second-order valence-corrected chi connectivity index (χ2v) is 4.37. The Morgan fingerprint density at radius 1 is 1.31 bits per heavy atom. The van der Waals surface area contributed by atoms with Crippen LogP contribution in [0.2, 0.25) is 10.0 Å². The fourth-order valence-corrected chi connectivity index (χ4v) is 1.93. The van der Waals surface area contributed by atoms with Gasteiger partial charge in [0.15, 0.2) is 0 Å². The fraction of sp³-hybridized carbons (Fsp3) is 0.182. The molecule has 0 spiro atoms. The predicted octanol–water partition coefficient (Wildman–Crippen LogP) is 3.72. The molecule has 3 rings (SSSR count). The third kappa shape index (κ3) is 1.82. The molecule has 0 radical (unpaired) electrons. The third-order valence-corrected chi connectivity index (χ3v) is 2.89. The van der Waals surface area contributed by atoms with Crippen LogP contribution in [-0.2, 0) is 4.74 Å². The van der Waals surface area contributed by atoms with Crippen LogP contribution >= 0.6 is 23.2 Å². The molecule has 2 aromatic rings. The second kappa shape index (κ2) is 3.77. The van der Waals surface area contributed by atoms with Crippen molar-refractivity contribution >= 4 is 23.2 Å². The highest BCUT2D eigenvalue weighted by Gasteiger charge is 2.28. The summed E-state index contributed by atoms with van der Waals surface area (Å²) >= 11 is 11.9. The molecule has 1 atom stereocenters. The van der Waals surface area contributed by atoms with E-state index in [1.807, 2.05) is 0 Å². The molecular weight excluding hydrogens is 249 g/mol. The summed E-state index contributed by atoms with van der Waals surface area (Å²) in [4.78, 5) is 4.31. The SMILES string of the molecule is Clc1ccc(-c2nc(C3CO3)co2)c(Cl)c1. The minimum atomic E-state index is 0.0866. The Balaban J connectivity index is 2.00. The van der Waals surface area contributed by atoms with Crippen molar-refractivity contribution in [3.05, 3.63) is 40.2 Å². The van der Waals surface area contributed by atoms with Crippen molar-refractivity contribution in [3.63, 3.8) is 0 Å². The maximum Gasteiger partial charge on any atom is 0.227 e. The Morgan fingerprint density at radius 2 is 2.12 bits per heavy atom. The van der Waals surface area contributed by atoms with Gasteiger partial charge in [0.2, 0.25) is 5.89 Å². The highest BCUT2D eigenvalue weighted by atomic mass is 35.5. The van der Waals surface area contributed by atoms with Crippen LogP contribution in [0.1, 0.15) is 11.8 Å². The fourth-order valence-electron chi connectivity index (χ4n) is 1.44. The van der Waals surface area contributed by atoms with E-state index < -0.39 is 0 Å². The Kier molecular flexibility index (Phi) is 2.39. The molecule has 1 saturated heterocycles. The first-order valence-electron chi connectivity index (χ1n) is 4.76. The first-order valence-corrected chi connectivity index (χ1v) is 5.52. The third-order valence-electron chi connectivity index (χ3n) is 2.35. The maximum absolute atomic E-state index is 6.05. The lowest BCUT2D eigenvalue weighted by atomic mass is 10.2. The molecule has 82 valence electrons. The summed E-state index contributed by atoms with van der Waals surface area (Å²) in [6.07, 6.45) is 1.68. The number of halogens is 2. The van der Waals surface area contributed by atoms with Crippen molar-refractivity contribution in [3.8, 4) is 11.5 Å². The van der Waals surface area contributed by atoms with E-state index in [2.05, 4.69) is 4.98 Å². The topological polar surface area (TPSA) is 38.6 Å². The molecule has 1 aromatic carbocycles. The van der Waals surface area contributed by atoms with E-state index in [9.17, 15) is 0 Å². The van der Waals surface area contributed by atoms with Gasteiger partial charge in [0.05, 0.1) is 17.2 Å². The maximum atomic E-state index is 6.05. The van der Waals surface area contributed by atoms with Crippen LogP contribution < -0.4 is 0 Å². The van der Waals surface area contributed by atoms with E-state index in [-0.39, 0.29) is 6.10 Å². The zero-order chi connectivity index (χ0) is 11.1. The lowest BCUT2D eigenvalue weighted by molar-refractivity contribution is 0.410. The molecule has 0 saturated carbocycles. The zero-order valence-corrected chi connectivity index (χ0v) is 9.63. The predicted molar refractivity (Wildman–Crippen MR) is 60.7 cm³/mol. The molecule has 1 aliphatic rings. The quantitative estimate of drug-likeness (QED) is 0.768. The summed E-state index contributed by atoms with van der Waals surface area (Å²) in [6, 6.07) is 5.20. The molecule has 0 amide bonds. The van der Waals surface area contributed by atoms with Gasteiger partial charge in [-0.2, -0.15) is 0 Å². The monoisotopic (exact) mass is 255 g/mol. The van der Waals surface area contributed by atoms with E-state index >= 15 is 0 Å². The van der Waals surface area contributed by atoms with Gasteiger partial charge in [-0.25, -0.2) is 4.98 Å². The lowest BCUT2D eigenvalue weighted by Crippen LogP contribution is -1.82. The normalized spacial score (nSPS) is 18.8. The molecule has 1 aliphatic heterocycles. The first kappa shape index (κ1) is 10.1. The van der Waals surface area contributed by atoms with Gasteiger partial charge < -0.3 is 9.15 Å². The molecule has 0 N–H and O–H groups in total. The number of aromatic nitrogens is 1. The number of rotatable bonds is 2. The zero-order valence-electron chi connectivity index (χ0n) is 8.11. The minimum absolute atomic E-state index is 0.0866. The average molecular weight is 256 g/mol. The number of ether oxygens (including phenoxy) is 1. The van der Waals surface area contributed by atoms with Crippen molar-refractivity contribution in [2.45, 2.75) is 6.10 Å². The Hall–Kier alpha value is -1.03. The van der Waals surface area contributed by atoms with Gasteiger partial charge in [-0.15, -0.1) is 0 Å². The number of nitrogens with zero attached hydrogens (tertiary/aromatic N) is 1. The van der Waals surface area contributed by atoms with Crippen LogP contribution in [0.4, 0.5) is 0 Å². The molecule has 1 aromatic heterocycles. The molecule has 2 heterocycles. The number of hydrogen-bond acceptors (Lipinski definition) is 3. The second-order valence-electron chi connectivity index (χ2n) is 3.52. The summed E-state index contributed by atoms with van der Waals surface area (Å²) in [6.45, 7) is 0.709. The van der Waals surface area contributed by atoms with Gasteiger partial charge >= 0.3 is 0 Å². The summed E-state index contributed by atoms with van der Waals surface area (Å²) < 4.78 is 10.5. The van der Waals surface area contributed by atoms with E-state index in [1.165, 1.54) is 0 Å². The van der Waals surface area contributed by atoms with Crippen LogP contribution in [0.5, 0.6) is 0 Å². The van der Waals surface area contributed by atoms with Crippen molar-refractivity contribution < 1.29 is 9.15 Å². The Labute approximate surface area is 102 Å². The van der Waals surface area contributed by atoms with Crippen molar-refractivity contribution in [2.75, 3.05) is 6.61 Å². The van der Waals surface area contributed by atoms with Gasteiger partial charge in [-0.1, -0.05) is 23.2 Å². The minimum Gasteiger partial charge on any atom is -0.444 e. The van der Waals surface area contributed by atoms with E-state index in [1.54, 1.807) is 24.5 Å². The summed E-state index contributed by atoms with van der Waals surface area (Å²) in [7, 11) is 0. The van der Waals surface area contributed by atoms with Crippen LogP contribution in [0.3, 0.4) is 0 Å². The number of benzene rings is 1. The molecule has 5 heteroatoms. The van der Waals surface area contributed by atoms with Crippen LogP contribution in [0.15, 0.2) is 28.9 Å². The van der Waals surface area contributed by atoms with Gasteiger partial charge in [-0.05, 0) is 18.2 Å². The van der Waals surface area contributed by atoms with Crippen molar-refractivity contribution in [1.29, 1.82) is 0 Å². The van der Waals surface area contributed by atoms with E-state index in [4.69, 9.17) is 32.4 Å². The van der Waals surface area contributed by atoms with Crippen LogP contribution in [0, 0.1) is 0 Å². The molecule has 3 nitrogen and oxygen atoms in total. The van der Waals surface area contributed by atoms with Gasteiger partial charge in [-0.3, -0.25) is 0 Å². The van der Waals surface area contributed by atoms with Crippen molar-refractivity contribution in [1.82, 2.24) is 4.98 Å². The summed E-state index contributed by atoms with van der Waals surface area (Å²) in [5.41, 5.74) is 1.54. The molecule has 16 heavy (non-hydrogen) atoms. The molecular formula is C11H7Cl2NO2. The highest BCUT2D eigenvalue weighted by Crippen LogP contribution is 2.34. The molecule has 0 aliphatic carbocycles. The first-order chi connectivity index (χ1) is 7.74. The van der Waals surface area contributed by atoms with Crippen LogP contribution in [0.25, 0.3) is 11.5 Å². The molecule has 0 bridgehead atoms. The smallest absolute Gasteiger partial charge is 0.227 e. The van der Waals surface area contributed by atoms with Crippen LogP contribution in [-0.4, -0.2) is 11.6 Å². The van der Waals surface area contributed by atoms with E-state index in [0.717, 1.165) is 11.3 Å². The Bertz CT molecular complexity index is 535. The standard InChI is InChI=1S/C11H7Cl2NO2/c12-6-1-2-7(8(13)3-6)11-14-9(4-16-11)10-5-15-10/h1-4,10H,5H2. The van der Waals surface area contributed by atoms with Gasteiger partial charge in [0, 0.05) is 5.02 Å². The van der Waals surface area contributed by atoms with E-state index in [0.29, 0.717) is 22.5 Å². The summed E-state index contributed by atoms with van der Waals surface area (Å²) in [5.74, 6) is 0.493. The van der Waals surface area contributed by atoms with Crippen molar-refractivity contribution in [2.24, 2.45) is 0 Å². The number of epoxide rings is 1. The number of hydrogen-bond donors (Lipinski definition) is 0. The average Bonchev–Trinajstić information content (AvgIpc) is 2.98. The highest BCUT2D eigenvalue weighted by molar-refractivity contribution is 6.36. The molecule has 1 fully saturated rings. The summed E-state index contributed by atoms with van der Waals surface area (Å²) in [5, 5.41) is 1.11. The number of oxazole rings is 1. The largest absolute Gasteiger partial charge is 0.444 e. The van der Waals surface area contributed by atoms with Gasteiger partial charge in [0.1, 0.15) is 18.1 Å². The van der Waals surface area contributed by atoms with Gasteiger partial charge in [0.25, 0.3) is 0 Å². The Morgan fingerprint density at radius 3 is 2.81 bits per heavy atom.